The molecule has 3 nitrogen and oxygen atoms in total. The standard InChI is InChI=1S/C15H14FNO2/c1-10-4-3-5-14(11(10)2)17-15(18)19-13-8-6-12(16)7-9-13/h3-9H,1-2H3,(H,17,18). The van der Waals surface area contributed by atoms with E-state index in [0.29, 0.717) is 11.4 Å². The first kappa shape index (κ1) is 13.1. The third kappa shape index (κ3) is 3.31. The maximum Gasteiger partial charge on any atom is 0.417 e. The molecule has 0 aliphatic rings. The SMILES string of the molecule is Cc1cccc(NC(=O)Oc2ccc(F)cc2)c1C. The van der Waals surface area contributed by atoms with Crippen LogP contribution in [-0.2, 0) is 0 Å². The van der Waals surface area contributed by atoms with Crippen LogP contribution in [0.3, 0.4) is 0 Å². The van der Waals surface area contributed by atoms with Gasteiger partial charge in [-0.05, 0) is 55.3 Å². The van der Waals surface area contributed by atoms with E-state index in [4.69, 9.17) is 4.74 Å². The maximum atomic E-state index is 12.7. The van der Waals surface area contributed by atoms with Gasteiger partial charge in [0.15, 0.2) is 0 Å². The van der Waals surface area contributed by atoms with Crippen molar-refractivity contribution in [2.45, 2.75) is 13.8 Å². The van der Waals surface area contributed by atoms with Gasteiger partial charge in [-0.3, -0.25) is 5.32 Å². The molecular formula is C15H14FNO2. The molecule has 98 valence electrons. The lowest BCUT2D eigenvalue weighted by Gasteiger charge is -2.10. The third-order valence-electron chi connectivity index (χ3n) is 2.87. The zero-order valence-electron chi connectivity index (χ0n) is 10.7. The molecule has 0 radical (unpaired) electrons. The predicted octanol–water partition coefficient (Wildman–Crippen LogP) is 4.05. The molecule has 1 N–H and O–H groups in total. The highest BCUT2D eigenvalue weighted by Gasteiger charge is 2.07. The fourth-order valence-electron chi connectivity index (χ4n) is 1.63. The number of nitrogens with one attached hydrogen (secondary N) is 1. The average Bonchev–Trinajstić information content (AvgIpc) is 2.38. The Morgan fingerprint density at radius 3 is 2.47 bits per heavy atom. The second kappa shape index (κ2) is 5.52. The van der Waals surface area contributed by atoms with Crippen LogP contribution in [-0.4, -0.2) is 6.09 Å². The quantitative estimate of drug-likeness (QED) is 0.883. The van der Waals surface area contributed by atoms with Crippen LogP contribution < -0.4 is 10.1 Å². The highest BCUT2D eigenvalue weighted by molar-refractivity contribution is 5.87. The van der Waals surface area contributed by atoms with Gasteiger partial charge in [-0.1, -0.05) is 12.1 Å². The van der Waals surface area contributed by atoms with Gasteiger partial charge in [0.25, 0.3) is 0 Å². The minimum atomic E-state index is -0.597. The second-order valence-electron chi connectivity index (χ2n) is 4.22. The first-order valence-electron chi connectivity index (χ1n) is 5.87. The number of hydrogen-bond donors (Lipinski definition) is 1. The van der Waals surface area contributed by atoms with Crippen LogP contribution in [0.4, 0.5) is 14.9 Å². The van der Waals surface area contributed by atoms with Crippen LogP contribution in [0.25, 0.3) is 0 Å². The van der Waals surface area contributed by atoms with E-state index in [9.17, 15) is 9.18 Å². The molecule has 0 aliphatic carbocycles. The zero-order valence-corrected chi connectivity index (χ0v) is 10.7. The molecule has 0 saturated heterocycles. The molecule has 2 aromatic carbocycles. The first-order chi connectivity index (χ1) is 9.06. The van der Waals surface area contributed by atoms with Crippen molar-refractivity contribution >= 4 is 11.8 Å². The van der Waals surface area contributed by atoms with Crippen molar-refractivity contribution < 1.29 is 13.9 Å². The van der Waals surface area contributed by atoms with Crippen molar-refractivity contribution in [3.05, 3.63) is 59.4 Å². The summed E-state index contributed by atoms with van der Waals surface area (Å²) >= 11 is 0. The molecular weight excluding hydrogens is 245 g/mol. The number of hydrogen-bond acceptors (Lipinski definition) is 2. The summed E-state index contributed by atoms with van der Waals surface area (Å²) in [6.07, 6.45) is -0.597. The van der Waals surface area contributed by atoms with E-state index in [2.05, 4.69) is 5.32 Å². The highest BCUT2D eigenvalue weighted by Crippen LogP contribution is 2.19. The predicted molar refractivity (Wildman–Crippen MR) is 72.0 cm³/mol. The van der Waals surface area contributed by atoms with Gasteiger partial charge in [-0.2, -0.15) is 0 Å². The summed E-state index contributed by atoms with van der Waals surface area (Å²) < 4.78 is 17.8. The van der Waals surface area contributed by atoms with E-state index in [1.165, 1.54) is 24.3 Å². The van der Waals surface area contributed by atoms with Gasteiger partial charge >= 0.3 is 6.09 Å². The van der Waals surface area contributed by atoms with Crippen molar-refractivity contribution in [2.24, 2.45) is 0 Å². The minimum absolute atomic E-state index is 0.296. The normalized spacial score (nSPS) is 10.1. The molecule has 0 aromatic heterocycles. The summed E-state index contributed by atoms with van der Waals surface area (Å²) in [7, 11) is 0. The number of rotatable bonds is 2. The van der Waals surface area contributed by atoms with Crippen LogP contribution in [0.2, 0.25) is 0 Å². The zero-order chi connectivity index (χ0) is 13.8. The number of aryl methyl sites for hydroxylation is 1. The van der Waals surface area contributed by atoms with Gasteiger partial charge in [0.1, 0.15) is 11.6 Å². The van der Waals surface area contributed by atoms with Crippen LogP contribution in [0.1, 0.15) is 11.1 Å². The van der Waals surface area contributed by atoms with Gasteiger partial charge in [-0.15, -0.1) is 0 Å². The van der Waals surface area contributed by atoms with E-state index >= 15 is 0 Å². The lowest BCUT2D eigenvalue weighted by atomic mass is 10.1. The number of halogens is 1. The van der Waals surface area contributed by atoms with E-state index in [-0.39, 0.29) is 5.82 Å². The van der Waals surface area contributed by atoms with E-state index in [1.54, 1.807) is 6.07 Å². The fourth-order valence-corrected chi connectivity index (χ4v) is 1.63. The molecule has 0 aliphatic heterocycles. The van der Waals surface area contributed by atoms with Crippen molar-refractivity contribution in [1.29, 1.82) is 0 Å². The van der Waals surface area contributed by atoms with Crippen LogP contribution in [0.15, 0.2) is 42.5 Å². The number of amides is 1. The summed E-state index contributed by atoms with van der Waals surface area (Å²) in [6, 6.07) is 10.9. The first-order valence-corrected chi connectivity index (χ1v) is 5.87. The molecule has 0 saturated carbocycles. The summed E-state index contributed by atoms with van der Waals surface area (Å²) in [5, 5.41) is 2.66. The van der Waals surface area contributed by atoms with Crippen LogP contribution in [0.5, 0.6) is 5.75 Å². The Bertz CT molecular complexity index is 594. The molecule has 0 fully saturated rings. The number of benzene rings is 2. The lowest BCUT2D eigenvalue weighted by molar-refractivity contribution is 0.215. The molecule has 0 atom stereocenters. The molecule has 2 rings (SSSR count). The van der Waals surface area contributed by atoms with Gasteiger partial charge in [0.05, 0.1) is 0 Å². The number of ether oxygens (including phenoxy) is 1. The van der Waals surface area contributed by atoms with Crippen molar-refractivity contribution in [2.75, 3.05) is 5.32 Å². The Kier molecular flexibility index (Phi) is 3.80. The van der Waals surface area contributed by atoms with Gasteiger partial charge < -0.3 is 4.74 Å². The van der Waals surface area contributed by atoms with Crippen molar-refractivity contribution in [3.8, 4) is 5.75 Å². The molecule has 0 heterocycles. The Labute approximate surface area is 111 Å². The summed E-state index contributed by atoms with van der Waals surface area (Å²) in [5.41, 5.74) is 2.77. The largest absolute Gasteiger partial charge is 0.417 e. The van der Waals surface area contributed by atoms with E-state index < -0.39 is 6.09 Å². The van der Waals surface area contributed by atoms with E-state index in [1.807, 2.05) is 26.0 Å². The second-order valence-corrected chi connectivity index (χ2v) is 4.22. The summed E-state index contributed by atoms with van der Waals surface area (Å²) in [5.74, 6) is -0.0773. The third-order valence-corrected chi connectivity index (χ3v) is 2.87. The highest BCUT2D eigenvalue weighted by atomic mass is 19.1. The van der Waals surface area contributed by atoms with Gasteiger partial charge in [0.2, 0.25) is 0 Å². The van der Waals surface area contributed by atoms with Crippen molar-refractivity contribution in [3.63, 3.8) is 0 Å². The Morgan fingerprint density at radius 2 is 1.79 bits per heavy atom. The lowest BCUT2D eigenvalue weighted by Crippen LogP contribution is -2.17. The summed E-state index contributed by atoms with van der Waals surface area (Å²) in [6.45, 7) is 3.88. The van der Waals surface area contributed by atoms with Crippen molar-refractivity contribution in [1.82, 2.24) is 0 Å². The van der Waals surface area contributed by atoms with Gasteiger partial charge in [-0.25, -0.2) is 9.18 Å². The molecule has 0 unspecified atom stereocenters. The Hall–Kier alpha value is -2.36. The smallest absolute Gasteiger partial charge is 0.410 e. The minimum Gasteiger partial charge on any atom is -0.410 e. The molecule has 4 heteroatoms. The molecule has 2 aromatic rings. The van der Waals surface area contributed by atoms with E-state index in [0.717, 1.165) is 11.1 Å². The monoisotopic (exact) mass is 259 g/mol. The maximum absolute atomic E-state index is 12.7. The van der Waals surface area contributed by atoms with Gasteiger partial charge in [0, 0.05) is 5.69 Å². The number of carbonyl (C=O) groups excluding carboxylic acids is 1. The number of carbonyl (C=O) groups is 1. The summed E-state index contributed by atoms with van der Waals surface area (Å²) in [4.78, 5) is 11.7. The Morgan fingerprint density at radius 1 is 1.11 bits per heavy atom. The molecule has 1 amide bonds. The molecule has 0 bridgehead atoms. The van der Waals surface area contributed by atoms with Crippen LogP contribution >= 0.6 is 0 Å². The average molecular weight is 259 g/mol. The number of anilines is 1. The van der Waals surface area contributed by atoms with Crippen LogP contribution in [0, 0.1) is 19.7 Å². The molecule has 0 spiro atoms. The Balaban J connectivity index is 2.05. The topological polar surface area (TPSA) is 38.3 Å². The molecule has 19 heavy (non-hydrogen) atoms. The fraction of sp³-hybridized carbons (Fsp3) is 0.133.